The summed E-state index contributed by atoms with van der Waals surface area (Å²) < 4.78 is 46.6. The van der Waals surface area contributed by atoms with Crippen LogP contribution in [0.5, 0.6) is 0 Å². The standard InChI is InChI=1S/C16H22N2O5S2/c1-13-2-4-15(5-3-13)25(21,22)17-24(20)10-7-18(8-11-24)16(19)14-6-9-23-12-14/h2-5,14H,6-12H2,1H3. The molecule has 9 heteroatoms. The summed E-state index contributed by atoms with van der Waals surface area (Å²) in [5.74, 6) is 0.0252. The average Bonchev–Trinajstić information content (AvgIpc) is 3.09. The molecule has 1 amide bonds. The quantitative estimate of drug-likeness (QED) is 0.773. The van der Waals surface area contributed by atoms with Crippen molar-refractivity contribution in [3.8, 4) is 0 Å². The number of hydrogen-bond donors (Lipinski definition) is 0. The molecule has 1 aromatic rings. The lowest BCUT2D eigenvalue weighted by atomic mass is 10.1. The van der Waals surface area contributed by atoms with E-state index in [1.165, 1.54) is 12.1 Å². The summed E-state index contributed by atoms with van der Waals surface area (Å²) in [4.78, 5) is 14.0. The van der Waals surface area contributed by atoms with Crippen molar-refractivity contribution in [2.75, 3.05) is 37.8 Å². The second kappa shape index (κ2) is 7.05. The lowest BCUT2D eigenvalue weighted by Crippen LogP contribution is -2.46. The predicted molar refractivity (Wildman–Crippen MR) is 94.2 cm³/mol. The van der Waals surface area contributed by atoms with E-state index in [0.29, 0.717) is 19.6 Å². The van der Waals surface area contributed by atoms with Gasteiger partial charge in [-0.2, -0.15) is 8.42 Å². The molecule has 0 radical (unpaired) electrons. The third-order valence-corrected chi connectivity index (χ3v) is 8.88. The number of hydrogen-bond acceptors (Lipinski definition) is 5. The number of ether oxygens (including phenoxy) is 1. The van der Waals surface area contributed by atoms with Crippen LogP contribution in [0.4, 0.5) is 0 Å². The summed E-state index contributed by atoms with van der Waals surface area (Å²) in [7, 11) is -6.85. The van der Waals surface area contributed by atoms with Crippen LogP contribution >= 0.6 is 0 Å². The van der Waals surface area contributed by atoms with Crippen molar-refractivity contribution in [1.82, 2.24) is 4.90 Å². The van der Waals surface area contributed by atoms with Gasteiger partial charge in [-0.25, -0.2) is 4.21 Å². The summed E-state index contributed by atoms with van der Waals surface area (Å²) in [5, 5.41) is 0. The zero-order valence-electron chi connectivity index (χ0n) is 14.1. The minimum absolute atomic E-state index is 0.000316. The zero-order chi connectivity index (χ0) is 18.1. The van der Waals surface area contributed by atoms with Crippen molar-refractivity contribution >= 4 is 25.7 Å². The number of sulfonamides is 1. The molecule has 3 rings (SSSR count). The van der Waals surface area contributed by atoms with Crippen LogP contribution in [0, 0.1) is 12.8 Å². The third kappa shape index (κ3) is 4.21. The topological polar surface area (TPSA) is 93.1 Å². The molecule has 2 fully saturated rings. The molecule has 7 nitrogen and oxygen atoms in total. The number of aryl methyl sites for hydroxylation is 1. The highest BCUT2D eigenvalue weighted by atomic mass is 32.3. The fraction of sp³-hybridized carbons (Fsp3) is 0.562. The second-order valence-electron chi connectivity index (χ2n) is 6.43. The van der Waals surface area contributed by atoms with Crippen molar-refractivity contribution in [3.05, 3.63) is 29.8 Å². The van der Waals surface area contributed by atoms with Crippen LogP contribution < -0.4 is 0 Å². The van der Waals surface area contributed by atoms with Gasteiger partial charge in [-0.1, -0.05) is 17.7 Å². The van der Waals surface area contributed by atoms with E-state index in [1.807, 2.05) is 6.92 Å². The maximum atomic E-state index is 12.8. The first-order valence-electron chi connectivity index (χ1n) is 8.21. The molecule has 0 spiro atoms. The van der Waals surface area contributed by atoms with Gasteiger partial charge in [0, 0.05) is 19.7 Å². The molecule has 0 N–H and O–H groups in total. The smallest absolute Gasteiger partial charge is 0.290 e. The van der Waals surface area contributed by atoms with Gasteiger partial charge < -0.3 is 9.64 Å². The van der Waals surface area contributed by atoms with E-state index in [4.69, 9.17) is 4.74 Å². The van der Waals surface area contributed by atoms with Crippen LogP contribution in [0.1, 0.15) is 12.0 Å². The number of nitrogens with zero attached hydrogens (tertiary/aromatic N) is 2. The summed E-state index contributed by atoms with van der Waals surface area (Å²) in [5.41, 5.74) is 0.936. The lowest BCUT2D eigenvalue weighted by molar-refractivity contribution is -0.135. The minimum atomic E-state index is -3.96. The highest BCUT2D eigenvalue weighted by molar-refractivity contribution is 8.03. The number of amides is 1. The maximum absolute atomic E-state index is 12.8. The van der Waals surface area contributed by atoms with Crippen molar-refractivity contribution in [2.45, 2.75) is 18.2 Å². The van der Waals surface area contributed by atoms with E-state index in [1.54, 1.807) is 17.0 Å². The molecule has 0 saturated carbocycles. The van der Waals surface area contributed by atoms with E-state index in [-0.39, 0.29) is 41.3 Å². The van der Waals surface area contributed by atoms with E-state index in [9.17, 15) is 17.4 Å². The van der Waals surface area contributed by atoms with Gasteiger partial charge in [0.15, 0.2) is 0 Å². The maximum Gasteiger partial charge on any atom is 0.290 e. The van der Waals surface area contributed by atoms with Crippen LogP contribution in [0.3, 0.4) is 0 Å². The normalized spacial score (nSPS) is 23.4. The van der Waals surface area contributed by atoms with Gasteiger partial charge in [-0.05, 0) is 25.5 Å². The van der Waals surface area contributed by atoms with Crippen molar-refractivity contribution in [2.24, 2.45) is 9.69 Å². The first kappa shape index (κ1) is 18.3. The number of rotatable bonds is 3. The molecule has 0 bridgehead atoms. The molecule has 2 aliphatic rings. The molecular weight excluding hydrogens is 364 g/mol. The number of benzene rings is 1. The van der Waals surface area contributed by atoms with Gasteiger partial charge in [-0.3, -0.25) is 4.79 Å². The molecule has 138 valence electrons. The van der Waals surface area contributed by atoms with E-state index >= 15 is 0 Å². The third-order valence-electron chi connectivity index (χ3n) is 4.50. The van der Waals surface area contributed by atoms with E-state index in [2.05, 4.69) is 3.77 Å². The summed E-state index contributed by atoms with van der Waals surface area (Å²) in [6.45, 7) is 3.40. The van der Waals surface area contributed by atoms with Crippen molar-refractivity contribution in [3.63, 3.8) is 0 Å². The number of carbonyl (C=O) groups is 1. The summed E-state index contributed by atoms with van der Waals surface area (Å²) >= 11 is 0. The molecule has 2 heterocycles. The second-order valence-corrected chi connectivity index (χ2v) is 10.8. The molecule has 0 aliphatic carbocycles. The number of carbonyl (C=O) groups excluding carboxylic acids is 1. The van der Waals surface area contributed by atoms with Gasteiger partial charge in [0.05, 0.1) is 38.7 Å². The Hall–Kier alpha value is -1.45. The van der Waals surface area contributed by atoms with Crippen LogP contribution in [-0.2, 0) is 29.3 Å². The molecule has 2 aliphatic heterocycles. The molecule has 1 aromatic carbocycles. The Morgan fingerprint density at radius 3 is 2.44 bits per heavy atom. The largest absolute Gasteiger partial charge is 0.381 e. The molecule has 25 heavy (non-hydrogen) atoms. The molecule has 1 atom stereocenters. The Balaban J connectivity index is 1.73. The SMILES string of the molecule is Cc1ccc(S(=O)(=O)N=S2(=O)CCN(C(=O)C3CCOC3)CC2)cc1. The van der Waals surface area contributed by atoms with Crippen molar-refractivity contribution in [1.29, 1.82) is 0 Å². The first-order chi connectivity index (χ1) is 11.8. The average molecular weight is 386 g/mol. The minimum Gasteiger partial charge on any atom is -0.381 e. The Labute approximate surface area is 148 Å². The Bertz CT molecular complexity index is 850. The van der Waals surface area contributed by atoms with E-state index in [0.717, 1.165) is 5.56 Å². The fourth-order valence-corrected chi connectivity index (χ4v) is 7.00. The van der Waals surface area contributed by atoms with Gasteiger partial charge in [0.25, 0.3) is 10.0 Å². The molecule has 2 saturated heterocycles. The Kier molecular flexibility index (Phi) is 5.17. The first-order valence-corrected chi connectivity index (χ1v) is 11.5. The molecule has 0 aromatic heterocycles. The highest BCUT2D eigenvalue weighted by Gasteiger charge is 2.32. The monoisotopic (exact) mass is 386 g/mol. The Morgan fingerprint density at radius 2 is 1.88 bits per heavy atom. The van der Waals surface area contributed by atoms with Gasteiger partial charge in [0.1, 0.15) is 0 Å². The highest BCUT2D eigenvalue weighted by Crippen LogP contribution is 2.20. The van der Waals surface area contributed by atoms with Crippen molar-refractivity contribution < 1.29 is 22.2 Å². The zero-order valence-corrected chi connectivity index (χ0v) is 15.7. The fourth-order valence-electron chi connectivity index (χ4n) is 2.93. The van der Waals surface area contributed by atoms with Gasteiger partial charge in [0.2, 0.25) is 5.91 Å². The van der Waals surface area contributed by atoms with Crippen LogP contribution in [-0.4, -0.2) is 61.2 Å². The molecular formula is C16H22N2O5S2. The van der Waals surface area contributed by atoms with Crippen LogP contribution in [0.2, 0.25) is 0 Å². The van der Waals surface area contributed by atoms with Crippen LogP contribution in [0.25, 0.3) is 0 Å². The van der Waals surface area contributed by atoms with E-state index < -0.39 is 19.8 Å². The summed E-state index contributed by atoms with van der Waals surface area (Å²) in [6, 6.07) is 6.30. The van der Waals surface area contributed by atoms with Gasteiger partial charge in [-0.15, -0.1) is 3.77 Å². The van der Waals surface area contributed by atoms with Gasteiger partial charge >= 0.3 is 0 Å². The Morgan fingerprint density at radius 1 is 1.24 bits per heavy atom. The summed E-state index contributed by atoms with van der Waals surface area (Å²) in [6.07, 6.45) is 0.705. The van der Waals surface area contributed by atoms with Crippen LogP contribution in [0.15, 0.2) is 32.9 Å². The lowest BCUT2D eigenvalue weighted by Gasteiger charge is -2.30. The molecule has 1 unspecified atom stereocenters. The predicted octanol–water partition coefficient (Wildman–Crippen LogP) is 1.03.